The monoisotopic (exact) mass is 483 g/mol. The fraction of sp³-hybridized carbons (Fsp3) is 0.300. The second kappa shape index (κ2) is 11.2. The van der Waals surface area contributed by atoms with Gasteiger partial charge in [-0.05, 0) is 52.6 Å². The van der Waals surface area contributed by atoms with Crippen LogP contribution in [0.4, 0.5) is 0 Å². The largest absolute Gasteiger partial charge is 0.468 e. The van der Waals surface area contributed by atoms with E-state index >= 15 is 0 Å². The fourth-order valence-electron chi connectivity index (χ4n) is 3.20. The summed E-state index contributed by atoms with van der Waals surface area (Å²) in [5.41, 5.74) is 1.62. The van der Waals surface area contributed by atoms with E-state index in [1.807, 2.05) is 23.1 Å². The minimum Gasteiger partial charge on any atom is -0.468 e. The van der Waals surface area contributed by atoms with Gasteiger partial charge < -0.3 is 4.74 Å². The summed E-state index contributed by atoms with van der Waals surface area (Å²) in [5, 5.41) is 9.56. The van der Waals surface area contributed by atoms with Crippen LogP contribution in [0.5, 0.6) is 0 Å². The van der Waals surface area contributed by atoms with Gasteiger partial charge in [-0.1, -0.05) is 52.2 Å². The van der Waals surface area contributed by atoms with Crippen LogP contribution in [0.1, 0.15) is 18.0 Å². The third kappa shape index (κ3) is 5.76. The van der Waals surface area contributed by atoms with Crippen molar-refractivity contribution in [2.24, 2.45) is 0 Å². The lowest BCUT2D eigenvalue weighted by Gasteiger charge is -2.37. The number of methoxy groups -OCH3 is 1. The zero-order valence-corrected chi connectivity index (χ0v) is 19.2. The lowest BCUT2D eigenvalue weighted by Crippen LogP contribution is -2.42. The first-order valence-corrected chi connectivity index (χ1v) is 12.0. The number of hydrogen-bond donors (Lipinski definition) is 0. The first kappa shape index (κ1) is 23.1. The quantitative estimate of drug-likeness (QED) is 0.244. The summed E-state index contributed by atoms with van der Waals surface area (Å²) in [7, 11) is 4.45. The van der Waals surface area contributed by atoms with Crippen LogP contribution in [0.15, 0.2) is 53.1 Å². The van der Waals surface area contributed by atoms with Crippen LogP contribution in [0.25, 0.3) is 0 Å². The summed E-state index contributed by atoms with van der Waals surface area (Å²) in [6, 6.07) is 10.1. The topological polar surface area (TPSA) is 72.4 Å². The van der Waals surface area contributed by atoms with Crippen LogP contribution >= 0.6 is 44.8 Å². The molecule has 0 N–H and O–H groups in total. The Balaban J connectivity index is 1.76. The summed E-state index contributed by atoms with van der Waals surface area (Å²) in [6.07, 6.45) is 3.09. The van der Waals surface area contributed by atoms with E-state index in [1.165, 1.54) is 17.9 Å². The number of allylic oxidation sites excluding steroid dienone is 1. The average Bonchev–Trinajstić information content (AvgIpc) is 2.76. The molecule has 158 valence electrons. The van der Waals surface area contributed by atoms with E-state index in [-0.39, 0.29) is 11.2 Å². The van der Waals surface area contributed by atoms with E-state index in [0.717, 1.165) is 23.3 Å². The van der Waals surface area contributed by atoms with E-state index in [2.05, 4.69) is 10.2 Å². The van der Waals surface area contributed by atoms with Crippen molar-refractivity contribution in [1.29, 1.82) is 0 Å². The smallest absolute Gasteiger partial charge is 0.327 e. The van der Waals surface area contributed by atoms with Crippen molar-refractivity contribution in [3.63, 3.8) is 0 Å². The first-order chi connectivity index (χ1) is 14.5. The number of halogens is 2. The SMILES string of the molecule is COC(=O)C(c1ccccc1Cl)N1CCC(SSc2ccc(Cl)nn2)C(=CC=O)C1. The van der Waals surface area contributed by atoms with Crippen molar-refractivity contribution in [2.45, 2.75) is 22.7 Å². The zero-order chi connectivity index (χ0) is 21.5. The molecule has 2 heterocycles. The average molecular weight is 484 g/mol. The molecule has 1 aliphatic rings. The Morgan fingerprint density at radius 2 is 2.07 bits per heavy atom. The summed E-state index contributed by atoms with van der Waals surface area (Å²) < 4.78 is 5.05. The number of aromatic nitrogens is 2. The van der Waals surface area contributed by atoms with Crippen molar-refractivity contribution >= 4 is 57.0 Å². The first-order valence-electron chi connectivity index (χ1n) is 9.06. The predicted molar refractivity (Wildman–Crippen MR) is 121 cm³/mol. The number of esters is 1. The molecular formula is C20H19Cl2N3O3S2. The molecule has 3 rings (SSSR count). The summed E-state index contributed by atoms with van der Waals surface area (Å²) >= 11 is 12.1. The van der Waals surface area contributed by atoms with Gasteiger partial charge in [0.1, 0.15) is 17.4 Å². The molecule has 1 fully saturated rings. The van der Waals surface area contributed by atoms with Gasteiger partial charge in [0.25, 0.3) is 0 Å². The number of rotatable bonds is 7. The highest BCUT2D eigenvalue weighted by molar-refractivity contribution is 8.77. The van der Waals surface area contributed by atoms with Gasteiger partial charge in [0.05, 0.1) is 7.11 Å². The molecule has 1 aromatic heterocycles. The van der Waals surface area contributed by atoms with Gasteiger partial charge in [0.2, 0.25) is 0 Å². The molecule has 2 atom stereocenters. The maximum atomic E-state index is 12.6. The van der Waals surface area contributed by atoms with Gasteiger partial charge in [-0.25, -0.2) is 4.79 Å². The number of carbonyl (C=O) groups is 2. The predicted octanol–water partition coefficient (Wildman–Crippen LogP) is 4.64. The Hall–Kier alpha value is -1.58. The van der Waals surface area contributed by atoms with Gasteiger partial charge in [-0.2, -0.15) is 0 Å². The fourth-order valence-corrected chi connectivity index (χ4v) is 6.00. The molecule has 0 saturated carbocycles. The summed E-state index contributed by atoms with van der Waals surface area (Å²) in [6.45, 7) is 1.10. The molecule has 2 unspecified atom stereocenters. The van der Waals surface area contributed by atoms with Crippen molar-refractivity contribution < 1.29 is 14.3 Å². The molecule has 1 aliphatic heterocycles. The van der Waals surface area contributed by atoms with E-state index in [4.69, 9.17) is 27.9 Å². The van der Waals surface area contributed by atoms with Gasteiger partial charge >= 0.3 is 5.97 Å². The number of piperidine rings is 1. The van der Waals surface area contributed by atoms with Crippen LogP contribution in [0, 0.1) is 0 Å². The number of hydrogen-bond acceptors (Lipinski definition) is 8. The van der Waals surface area contributed by atoms with Crippen LogP contribution in [0.2, 0.25) is 10.2 Å². The highest BCUT2D eigenvalue weighted by atomic mass is 35.5. The molecule has 0 bridgehead atoms. The third-order valence-corrected chi connectivity index (χ3v) is 7.91. The summed E-state index contributed by atoms with van der Waals surface area (Å²) in [5.74, 6) is -0.384. The molecule has 0 radical (unpaired) electrons. The van der Waals surface area contributed by atoms with E-state index in [0.29, 0.717) is 28.8 Å². The molecular weight excluding hydrogens is 465 g/mol. The van der Waals surface area contributed by atoms with Crippen molar-refractivity contribution in [1.82, 2.24) is 15.1 Å². The van der Waals surface area contributed by atoms with Crippen LogP contribution in [0.3, 0.4) is 0 Å². The second-order valence-electron chi connectivity index (χ2n) is 6.45. The zero-order valence-electron chi connectivity index (χ0n) is 16.0. The van der Waals surface area contributed by atoms with Crippen molar-refractivity contribution in [3.8, 4) is 0 Å². The Bertz CT molecular complexity index is 928. The maximum absolute atomic E-state index is 12.6. The minimum absolute atomic E-state index is 0.0958. The van der Waals surface area contributed by atoms with E-state index < -0.39 is 6.04 Å². The molecule has 10 heteroatoms. The van der Waals surface area contributed by atoms with Crippen LogP contribution < -0.4 is 0 Å². The number of carbonyl (C=O) groups excluding carboxylic acids is 2. The Labute approximate surface area is 192 Å². The van der Waals surface area contributed by atoms with E-state index in [1.54, 1.807) is 35.1 Å². The molecule has 1 saturated heterocycles. The van der Waals surface area contributed by atoms with Gasteiger partial charge in [0, 0.05) is 23.4 Å². The highest BCUT2D eigenvalue weighted by Crippen LogP contribution is 2.41. The van der Waals surface area contributed by atoms with Crippen LogP contribution in [-0.4, -0.2) is 52.8 Å². The van der Waals surface area contributed by atoms with Gasteiger partial charge in [-0.3, -0.25) is 9.69 Å². The highest BCUT2D eigenvalue weighted by Gasteiger charge is 2.35. The minimum atomic E-state index is -0.639. The molecule has 0 aliphatic carbocycles. The Kier molecular flexibility index (Phi) is 8.59. The Morgan fingerprint density at radius 3 is 2.73 bits per heavy atom. The standard InChI is InChI=1S/C20H19Cl2N3O3S2/c1-28-20(27)19(14-4-2-3-5-15(14)21)25-10-8-16(13(12-25)9-11-26)29-30-18-7-6-17(22)23-24-18/h2-7,9,11,16,19H,8,10,12H2,1H3. The van der Waals surface area contributed by atoms with Crippen molar-refractivity contribution in [2.75, 3.05) is 20.2 Å². The lowest BCUT2D eigenvalue weighted by atomic mass is 9.98. The van der Waals surface area contributed by atoms with Gasteiger partial charge in [-0.15, -0.1) is 10.2 Å². The second-order valence-corrected chi connectivity index (χ2v) is 9.66. The molecule has 2 aromatic rings. The number of ether oxygens (including phenoxy) is 1. The molecule has 30 heavy (non-hydrogen) atoms. The Morgan fingerprint density at radius 1 is 1.27 bits per heavy atom. The lowest BCUT2D eigenvalue weighted by molar-refractivity contribution is -0.147. The number of benzene rings is 1. The summed E-state index contributed by atoms with van der Waals surface area (Å²) in [4.78, 5) is 25.9. The van der Waals surface area contributed by atoms with Gasteiger partial charge in [0.15, 0.2) is 5.15 Å². The molecule has 1 aromatic carbocycles. The number of likely N-dealkylation sites (tertiary alicyclic amines) is 1. The normalized spacial score (nSPS) is 19.4. The van der Waals surface area contributed by atoms with Crippen LogP contribution in [-0.2, 0) is 14.3 Å². The third-order valence-electron chi connectivity index (χ3n) is 4.61. The molecule has 6 nitrogen and oxygen atoms in total. The molecule has 0 spiro atoms. The number of aldehydes is 1. The maximum Gasteiger partial charge on any atom is 0.327 e. The number of nitrogens with zero attached hydrogens (tertiary/aromatic N) is 3. The van der Waals surface area contributed by atoms with E-state index in [9.17, 15) is 9.59 Å². The molecule has 0 amide bonds. The van der Waals surface area contributed by atoms with Crippen molar-refractivity contribution in [3.05, 3.63) is 63.8 Å².